The highest BCUT2D eigenvalue weighted by Gasteiger charge is 2.03. The second-order valence-electron chi connectivity index (χ2n) is 5.36. The fourth-order valence-electron chi connectivity index (χ4n) is 1.82. The van der Waals surface area contributed by atoms with Gasteiger partial charge in [-0.05, 0) is 37.6 Å². The Balaban J connectivity index is 0. The molecular formula is C22H28Cl2N2O4. The molecule has 0 saturated carbocycles. The second-order valence-corrected chi connectivity index (χ2v) is 5.71. The van der Waals surface area contributed by atoms with Crippen LogP contribution < -0.4 is 0 Å². The molecule has 0 bridgehead atoms. The quantitative estimate of drug-likeness (QED) is 0.359. The molecule has 0 fully saturated rings. The summed E-state index contributed by atoms with van der Waals surface area (Å²) in [5.41, 5.74) is 1.12. The minimum Gasteiger partial charge on any atom is -0.482 e. The molecule has 0 aromatic heterocycles. The van der Waals surface area contributed by atoms with Gasteiger partial charge in [-0.15, -0.1) is 12.4 Å². The van der Waals surface area contributed by atoms with E-state index in [1.54, 1.807) is 62.4 Å². The molecule has 164 valence electrons. The topological polar surface area (TPSA) is 88.8 Å². The van der Waals surface area contributed by atoms with Crippen LogP contribution in [0.2, 0.25) is 0 Å². The number of nitrogens with one attached hydrogen (secondary N) is 1. The maximum Gasteiger partial charge on any atom is 0.279 e. The number of aliphatic imine (C=N–C) groups is 1. The van der Waals surface area contributed by atoms with Gasteiger partial charge in [-0.25, -0.2) is 0 Å². The summed E-state index contributed by atoms with van der Waals surface area (Å²) in [5.74, 6) is 0.426. The molecule has 0 spiro atoms. The first-order valence-electron chi connectivity index (χ1n) is 9.02. The Morgan fingerprint density at radius 3 is 1.60 bits per heavy atom. The third kappa shape index (κ3) is 15.2. The number of nitrogens with zero attached hydrogens (tertiary/aromatic N) is 1. The molecule has 0 heterocycles. The van der Waals surface area contributed by atoms with Crippen LogP contribution in [0.1, 0.15) is 48.4 Å². The van der Waals surface area contributed by atoms with Gasteiger partial charge in [0.2, 0.25) is 0 Å². The number of hydrogen-bond donors (Lipinski definition) is 1. The summed E-state index contributed by atoms with van der Waals surface area (Å²) in [7, 11) is 0. The second kappa shape index (κ2) is 18.3. The van der Waals surface area contributed by atoms with Crippen LogP contribution in [0.25, 0.3) is 0 Å². The number of ether oxygens (including phenoxy) is 2. The van der Waals surface area contributed by atoms with Crippen LogP contribution in [0, 0.1) is 5.41 Å². The van der Waals surface area contributed by atoms with Crippen LogP contribution in [-0.4, -0.2) is 36.2 Å². The predicted octanol–water partition coefficient (Wildman–Crippen LogP) is 5.79. The smallest absolute Gasteiger partial charge is 0.279 e. The molecule has 0 unspecified atom stereocenters. The van der Waals surface area contributed by atoms with Crippen LogP contribution >= 0.6 is 24.0 Å². The van der Waals surface area contributed by atoms with Gasteiger partial charge in [0, 0.05) is 25.0 Å². The van der Waals surface area contributed by atoms with Crippen molar-refractivity contribution < 1.29 is 19.1 Å². The summed E-state index contributed by atoms with van der Waals surface area (Å²) in [6, 6.07) is 17.7. The molecule has 1 amide bonds. The zero-order valence-electron chi connectivity index (χ0n) is 17.6. The highest BCUT2D eigenvalue weighted by Crippen LogP contribution is 2.02. The van der Waals surface area contributed by atoms with Gasteiger partial charge >= 0.3 is 0 Å². The Bertz CT molecular complexity index is 782. The number of amides is 1. The van der Waals surface area contributed by atoms with Gasteiger partial charge in [0.25, 0.3) is 11.1 Å². The average Bonchev–Trinajstić information content (AvgIpc) is 2.70. The number of carbonyl (C=O) groups is 2. The Kier molecular flexibility index (Phi) is 18.0. The van der Waals surface area contributed by atoms with Gasteiger partial charge < -0.3 is 9.47 Å². The molecule has 1 N–H and O–H groups in total. The molecule has 0 aliphatic rings. The molecule has 0 saturated heterocycles. The Morgan fingerprint density at radius 1 is 0.867 bits per heavy atom. The van der Waals surface area contributed by atoms with E-state index >= 15 is 0 Å². The maximum absolute atomic E-state index is 11.5. The zero-order valence-corrected chi connectivity index (χ0v) is 19.1. The number of benzene rings is 2. The van der Waals surface area contributed by atoms with Gasteiger partial charge in [-0.1, -0.05) is 48.5 Å². The summed E-state index contributed by atoms with van der Waals surface area (Å²) in [5, 5.41) is 6.27. The summed E-state index contributed by atoms with van der Waals surface area (Å²) in [4.78, 5) is 25.7. The maximum atomic E-state index is 11.5. The molecule has 0 atom stereocenters. The average molecular weight is 455 g/mol. The third-order valence-corrected chi connectivity index (χ3v) is 3.21. The molecule has 8 heteroatoms. The number of carbonyl (C=O) groups excluding carboxylic acids is 2. The largest absolute Gasteiger partial charge is 0.482 e. The van der Waals surface area contributed by atoms with Crippen molar-refractivity contribution in [3.05, 3.63) is 71.8 Å². The van der Waals surface area contributed by atoms with Crippen molar-refractivity contribution in [1.82, 2.24) is 0 Å². The Hall–Kier alpha value is -2.70. The summed E-state index contributed by atoms with van der Waals surface area (Å²) < 4.78 is 9.69. The molecule has 0 aliphatic heterocycles. The van der Waals surface area contributed by atoms with Crippen LogP contribution in [0.15, 0.2) is 65.7 Å². The van der Waals surface area contributed by atoms with E-state index in [9.17, 15) is 9.59 Å². The number of halogens is 2. The molecule has 2 rings (SSSR count). The SMILES string of the molecule is CCOC(C)=N.CCOC(C)=NC(=O)c1ccccc1.Cl.O=C(Cl)c1ccccc1. The van der Waals surface area contributed by atoms with Crippen molar-refractivity contribution in [3.8, 4) is 0 Å². The normalized spacial score (nSPS) is 9.43. The number of hydrogen-bond acceptors (Lipinski definition) is 5. The van der Waals surface area contributed by atoms with Gasteiger partial charge in [-0.3, -0.25) is 15.0 Å². The van der Waals surface area contributed by atoms with E-state index in [4.69, 9.17) is 21.7 Å². The fraction of sp³-hybridized carbons (Fsp3) is 0.273. The molecule has 0 aliphatic carbocycles. The highest BCUT2D eigenvalue weighted by molar-refractivity contribution is 6.67. The van der Waals surface area contributed by atoms with E-state index < -0.39 is 5.24 Å². The lowest BCUT2D eigenvalue weighted by Crippen LogP contribution is -2.04. The zero-order chi connectivity index (χ0) is 22.1. The van der Waals surface area contributed by atoms with E-state index in [1.165, 1.54) is 0 Å². The van der Waals surface area contributed by atoms with E-state index in [2.05, 4.69) is 9.73 Å². The first-order valence-corrected chi connectivity index (χ1v) is 9.39. The van der Waals surface area contributed by atoms with E-state index in [1.807, 2.05) is 26.0 Å². The van der Waals surface area contributed by atoms with Gasteiger partial charge in [0.15, 0.2) is 11.8 Å². The monoisotopic (exact) mass is 454 g/mol. The van der Waals surface area contributed by atoms with Gasteiger partial charge in [-0.2, -0.15) is 4.99 Å². The van der Waals surface area contributed by atoms with Gasteiger partial charge in [0.05, 0.1) is 13.2 Å². The van der Waals surface area contributed by atoms with Crippen molar-refractivity contribution in [2.45, 2.75) is 27.7 Å². The Morgan fingerprint density at radius 2 is 1.30 bits per heavy atom. The van der Waals surface area contributed by atoms with E-state index in [0.717, 1.165) is 0 Å². The van der Waals surface area contributed by atoms with Crippen molar-refractivity contribution in [2.75, 3.05) is 13.2 Å². The van der Waals surface area contributed by atoms with Crippen molar-refractivity contribution in [3.63, 3.8) is 0 Å². The molecule has 2 aromatic carbocycles. The predicted molar refractivity (Wildman–Crippen MR) is 124 cm³/mol. The summed E-state index contributed by atoms with van der Waals surface area (Å²) >= 11 is 5.16. The van der Waals surface area contributed by atoms with Crippen LogP contribution in [-0.2, 0) is 9.47 Å². The fourth-order valence-corrected chi connectivity index (χ4v) is 1.94. The summed E-state index contributed by atoms with van der Waals surface area (Å²) in [6.07, 6.45) is 0. The summed E-state index contributed by atoms with van der Waals surface area (Å²) in [6.45, 7) is 8.13. The standard InChI is InChI=1S/C11H13NO2.C7H5ClO.C4H9NO.ClH/c1-3-14-9(2)12-11(13)10-7-5-4-6-8-10;8-7(9)6-4-2-1-3-5-6;1-3-6-4(2)5;/h4-8H,3H2,1-2H3;1-5H;5H,3H2,1-2H3;1H. The highest BCUT2D eigenvalue weighted by atomic mass is 35.5. The first-order chi connectivity index (χ1) is 13.8. The minimum absolute atomic E-state index is 0. The minimum atomic E-state index is -0.407. The van der Waals surface area contributed by atoms with E-state index in [0.29, 0.717) is 30.2 Å². The van der Waals surface area contributed by atoms with Crippen LogP contribution in [0.5, 0.6) is 0 Å². The van der Waals surface area contributed by atoms with Crippen molar-refractivity contribution in [2.24, 2.45) is 4.99 Å². The van der Waals surface area contributed by atoms with Crippen molar-refractivity contribution >= 4 is 47.0 Å². The van der Waals surface area contributed by atoms with Gasteiger partial charge in [0.1, 0.15) is 0 Å². The van der Waals surface area contributed by atoms with Crippen molar-refractivity contribution in [1.29, 1.82) is 5.41 Å². The first kappa shape index (κ1) is 29.5. The lowest BCUT2D eigenvalue weighted by Gasteiger charge is -2.00. The Labute approximate surface area is 189 Å². The molecule has 2 aromatic rings. The molecule has 0 radical (unpaired) electrons. The van der Waals surface area contributed by atoms with Crippen LogP contribution in [0.3, 0.4) is 0 Å². The third-order valence-electron chi connectivity index (χ3n) is 2.99. The molecular weight excluding hydrogens is 427 g/mol. The molecule has 6 nitrogen and oxygen atoms in total. The lowest BCUT2D eigenvalue weighted by molar-refractivity contribution is 0.0998. The number of rotatable bonds is 4. The molecule has 30 heavy (non-hydrogen) atoms. The van der Waals surface area contributed by atoms with Crippen LogP contribution in [0.4, 0.5) is 0 Å². The van der Waals surface area contributed by atoms with E-state index in [-0.39, 0.29) is 24.2 Å². The lowest BCUT2D eigenvalue weighted by atomic mass is 10.2.